The van der Waals surface area contributed by atoms with Crippen LogP contribution in [0.15, 0.2) is 91.0 Å². The van der Waals surface area contributed by atoms with Crippen LogP contribution >= 0.6 is 35.4 Å². The number of benzene rings is 3. The number of rotatable bonds is 11. The number of thiocarbonyl (C=S) groups is 1. The summed E-state index contributed by atoms with van der Waals surface area (Å²) in [6.07, 6.45) is 3.19. The van der Waals surface area contributed by atoms with E-state index in [4.69, 9.17) is 45.1 Å². The summed E-state index contributed by atoms with van der Waals surface area (Å²) in [5, 5.41) is 3.92. The zero-order valence-electron chi connectivity index (χ0n) is 22.4. The molecule has 0 aliphatic carbocycles. The van der Waals surface area contributed by atoms with Gasteiger partial charge in [0.2, 0.25) is 0 Å². The highest BCUT2D eigenvalue weighted by molar-refractivity contribution is 7.80. The first-order valence-electron chi connectivity index (χ1n) is 13.0. The number of nitrogens with one attached hydrogen (secondary N) is 1. The monoisotopic (exact) mass is 591 g/mol. The molecule has 4 aromatic rings. The van der Waals surface area contributed by atoms with E-state index in [1.54, 1.807) is 18.2 Å². The Labute approximate surface area is 251 Å². The molecule has 0 bridgehead atoms. The van der Waals surface area contributed by atoms with Gasteiger partial charge in [-0.25, -0.2) is 9.78 Å². The first-order valence-corrected chi connectivity index (χ1v) is 14.2. The largest absolute Gasteiger partial charge is 0.467 e. The zero-order chi connectivity index (χ0) is 28.5. The molecule has 0 saturated heterocycles. The van der Waals surface area contributed by atoms with Crippen LogP contribution in [-0.4, -0.2) is 36.1 Å². The van der Waals surface area contributed by atoms with Crippen molar-refractivity contribution in [2.75, 3.05) is 19.1 Å². The number of esters is 1. The summed E-state index contributed by atoms with van der Waals surface area (Å²) in [4.78, 5) is 19.8. The minimum absolute atomic E-state index is 0.301. The van der Waals surface area contributed by atoms with E-state index in [1.165, 1.54) is 12.7 Å². The van der Waals surface area contributed by atoms with Crippen molar-refractivity contribution in [1.82, 2.24) is 10.3 Å². The van der Waals surface area contributed by atoms with Crippen molar-refractivity contribution in [3.05, 3.63) is 123 Å². The maximum atomic E-state index is 12.5. The molecule has 0 fully saturated rings. The number of hydrogen-bond donors (Lipinski definition) is 1. The summed E-state index contributed by atoms with van der Waals surface area (Å²) in [6, 6.07) is 29.1. The average Bonchev–Trinajstić information content (AvgIpc) is 2.97. The molecule has 0 aliphatic rings. The summed E-state index contributed by atoms with van der Waals surface area (Å²) >= 11 is 18.1. The molecule has 5 nitrogen and oxygen atoms in total. The summed E-state index contributed by atoms with van der Waals surface area (Å²) < 4.78 is 5.01. The first kappa shape index (κ1) is 29.5. The third-order valence-electron chi connectivity index (χ3n) is 6.62. The maximum absolute atomic E-state index is 12.5. The fourth-order valence-corrected chi connectivity index (χ4v) is 5.47. The topological polar surface area (TPSA) is 54.5 Å². The molecule has 1 atom stereocenters. The third-order valence-corrected chi connectivity index (χ3v) is 7.57. The molecule has 0 amide bonds. The van der Waals surface area contributed by atoms with Gasteiger partial charge in [-0.05, 0) is 66.8 Å². The van der Waals surface area contributed by atoms with Gasteiger partial charge in [0.25, 0.3) is 0 Å². The van der Waals surface area contributed by atoms with Crippen LogP contribution in [0.2, 0.25) is 10.0 Å². The highest BCUT2D eigenvalue weighted by atomic mass is 35.5. The van der Waals surface area contributed by atoms with E-state index >= 15 is 0 Å². The Morgan fingerprint density at radius 2 is 1.55 bits per heavy atom. The minimum Gasteiger partial charge on any atom is -0.467 e. The molecule has 1 N–H and O–H groups in total. The van der Waals surface area contributed by atoms with Crippen molar-refractivity contribution >= 4 is 57.9 Å². The van der Waals surface area contributed by atoms with Gasteiger partial charge in [0.05, 0.1) is 17.2 Å². The van der Waals surface area contributed by atoms with Crippen LogP contribution in [0.4, 0.5) is 11.5 Å². The number of methoxy groups -OCH3 is 1. The Bertz CT molecular complexity index is 1430. The molecule has 0 spiro atoms. The van der Waals surface area contributed by atoms with Crippen molar-refractivity contribution in [2.45, 2.75) is 31.7 Å². The Morgan fingerprint density at radius 1 is 0.900 bits per heavy atom. The fraction of sp³-hybridized carbons (Fsp3) is 0.219. The molecule has 0 aliphatic heterocycles. The Hall–Kier alpha value is -3.45. The van der Waals surface area contributed by atoms with Gasteiger partial charge in [0.15, 0.2) is 0 Å². The van der Waals surface area contributed by atoms with Crippen LogP contribution < -0.4 is 10.2 Å². The maximum Gasteiger partial charge on any atom is 0.328 e. The summed E-state index contributed by atoms with van der Waals surface area (Å²) in [5.74, 6) is 0.514. The number of pyridine rings is 1. The molecule has 3 aromatic carbocycles. The molecular weight excluding hydrogens is 561 g/mol. The van der Waals surface area contributed by atoms with E-state index in [-0.39, 0.29) is 0 Å². The molecule has 40 heavy (non-hydrogen) atoms. The molecular formula is C32H31Cl2N3O2S. The van der Waals surface area contributed by atoms with Gasteiger partial charge in [0.1, 0.15) is 16.8 Å². The van der Waals surface area contributed by atoms with Crippen LogP contribution in [0.3, 0.4) is 0 Å². The van der Waals surface area contributed by atoms with Gasteiger partial charge in [-0.2, -0.15) is 0 Å². The minimum atomic E-state index is -0.678. The summed E-state index contributed by atoms with van der Waals surface area (Å²) in [6.45, 7) is 0. The van der Waals surface area contributed by atoms with Gasteiger partial charge in [-0.1, -0.05) is 90.0 Å². The van der Waals surface area contributed by atoms with Crippen LogP contribution in [0.5, 0.6) is 0 Å². The van der Waals surface area contributed by atoms with Crippen molar-refractivity contribution in [2.24, 2.45) is 0 Å². The average molecular weight is 593 g/mol. The van der Waals surface area contributed by atoms with Gasteiger partial charge in [-0.3, -0.25) is 0 Å². The number of ether oxygens (including phenoxy) is 1. The first-order chi connectivity index (χ1) is 19.4. The van der Waals surface area contributed by atoms with E-state index in [1.807, 2.05) is 43.4 Å². The highest BCUT2D eigenvalue weighted by Crippen LogP contribution is 2.25. The van der Waals surface area contributed by atoms with E-state index < -0.39 is 12.0 Å². The lowest BCUT2D eigenvalue weighted by Gasteiger charge is -2.19. The number of anilines is 2. The SMILES string of the molecule is COC(=O)[C@H](Cc1ccc(CCCc2cccc(N(C)c3ccccc3)n2)cc1)NC(=S)c1c(Cl)cccc1Cl. The number of aromatic nitrogens is 1. The molecule has 1 heterocycles. The normalized spacial score (nSPS) is 11.5. The van der Waals surface area contributed by atoms with E-state index in [0.717, 1.165) is 42.0 Å². The van der Waals surface area contributed by atoms with Crippen LogP contribution in [0.1, 0.15) is 28.8 Å². The Kier molecular flexibility index (Phi) is 10.5. The molecule has 1 aromatic heterocycles. The fourth-order valence-electron chi connectivity index (χ4n) is 4.41. The lowest BCUT2D eigenvalue weighted by atomic mass is 10.0. The number of nitrogens with zero attached hydrogens (tertiary/aromatic N) is 2. The van der Waals surface area contributed by atoms with Crippen LogP contribution in [0, 0.1) is 0 Å². The van der Waals surface area contributed by atoms with Gasteiger partial charge in [-0.15, -0.1) is 0 Å². The zero-order valence-corrected chi connectivity index (χ0v) is 24.8. The number of carbonyl (C=O) groups excluding carboxylic acids is 1. The second-order valence-corrected chi connectivity index (χ2v) is 10.6. The Morgan fingerprint density at radius 3 is 2.23 bits per heavy atom. The number of para-hydroxylation sites is 1. The van der Waals surface area contributed by atoms with Crippen molar-refractivity contribution < 1.29 is 9.53 Å². The van der Waals surface area contributed by atoms with Crippen LogP contribution in [0.25, 0.3) is 0 Å². The molecule has 0 saturated carbocycles. The number of hydrogen-bond acceptors (Lipinski definition) is 5. The summed E-state index contributed by atoms with van der Waals surface area (Å²) in [7, 11) is 3.39. The molecule has 4 rings (SSSR count). The van der Waals surface area contributed by atoms with Crippen molar-refractivity contribution in [3.63, 3.8) is 0 Å². The van der Waals surface area contributed by atoms with Gasteiger partial charge >= 0.3 is 5.97 Å². The summed E-state index contributed by atoms with van der Waals surface area (Å²) in [5.41, 5.74) is 4.88. The van der Waals surface area contributed by atoms with E-state index in [0.29, 0.717) is 27.0 Å². The molecule has 8 heteroatoms. The second-order valence-electron chi connectivity index (χ2n) is 9.40. The highest BCUT2D eigenvalue weighted by Gasteiger charge is 2.23. The predicted octanol–water partition coefficient (Wildman–Crippen LogP) is 7.38. The smallest absolute Gasteiger partial charge is 0.328 e. The second kappa shape index (κ2) is 14.3. The molecule has 206 valence electrons. The van der Waals surface area contributed by atoms with E-state index in [9.17, 15) is 4.79 Å². The number of carbonyl (C=O) groups is 1. The predicted molar refractivity (Wildman–Crippen MR) is 168 cm³/mol. The van der Waals surface area contributed by atoms with E-state index in [2.05, 4.69) is 46.6 Å². The standard InChI is InChI=1S/C32H31Cl2N3O2S/c1-37(25-12-4-3-5-13-25)29-16-7-11-24(35-29)10-6-9-22-17-19-23(20-18-22)21-28(32(38)39-2)36-31(40)30-26(33)14-8-15-27(30)34/h3-5,7-8,11-20,28H,6,9-10,21H2,1-2H3,(H,36,40)/t28-/m0/s1. The van der Waals surface area contributed by atoms with Crippen LogP contribution in [-0.2, 0) is 28.8 Å². The quantitative estimate of drug-likeness (QED) is 0.145. The lowest BCUT2D eigenvalue weighted by Crippen LogP contribution is -2.42. The number of halogens is 2. The lowest BCUT2D eigenvalue weighted by molar-refractivity contribution is -0.142. The van der Waals surface area contributed by atoms with Crippen molar-refractivity contribution in [3.8, 4) is 0 Å². The van der Waals surface area contributed by atoms with Gasteiger partial charge < -0.3 is 15.0 Å². The number of aryl methyl sites for hydroxylation is 2. The van der Waals surface area contributed by atoms with Gasteiger partial charge in [0, 0.05) is 30.4 Å². The van der Waals surface area contributed by atoms with Crippen molar-refractivity contribution in [1.29, 1.82) is 0 Å². The molecule has 0 radical (unpaired) electrons. The molecule has 0 unspecified atom stereocenters. The third kappa shape index (κ3) is 7.81. The Balaban J connectivity index is 1.33.